The Hall–Kier alpha value is -3.06. The van der Waals surface area contributed by atoms with E-state index in [1.54, 1.807) is 13.8 Å². The molecule has 0 spiro atoms. The third-order valence-corrected chi connectivity index (χ3v) is 10.5. The number of hydrogen-bond donors (Lipinski definition) is 3. The second kappa shape index (κ2) is 14.3. The number of piperidine rings is 1. The normalized spacial score (nSPS) is 18.8. The maximum absolute atomic E-state index is 14.1. The van der Waals surface area contributed by atoms with Gasteiger partial charge in [0.25, 0.3) is 0 Å². The zero-order valence-electron chi connectivity index (χ0n) is 36.0. The summed E-state index contributed by atoms with van der Waals surface area (Å²) in [5.74, 6) is -1.77. The van der Waals surface area contributed by atoms with E-state index in [0.717, 1.165) is 51.8 Å². The predicted molar refractivity (Wildman–Crippen MR) is 213 cm³/mol. The molecule has 0 saturated carbocycles. The summed E-state index contributed by atoms with van der Waals surface area (Å²) in [5, 5.41) is 27.0. The van der Waals surface area contributed by atoms with Crippen molar-refractivity contribution in [1.29, 1.82) is 0 Å². The highest BCUT2D eigenvalue weighted by atomic mass is 16.7. The Morgan fingerprint density at radius 1 is 0.654 bits per heavy atom. The Morgan fingerprint density at radius 3 is 1.42 bits per heavy atom. The average molecular weight is 722 g/mol. The van der Waals surface area contributed by atoms with Gasteiger partial charge in [0.2, 0.25) is 6.29 Å². The molecule has 3 atom stereocenters. The molecule has 0 amide bonds. The Labute approximate surface area is 315 Å². The highest BCUT2D eigenvalue weighted by Crippen LogP contribution is 2.51. The van der Waals surface area contributed by atoms with Crippen molar-refractivity contribution in [1.82, 2.24) is 5.32 Å². The summed E-state index contributed by atoms with van der Waals surface area (Å²) in [6, 6.07) is 5.77. The van der Waals surface area contributed by atoms with Crippen LogP contribution >= 0.6 is 0 Å². The van der Waals surface area contributed by atoms with Gasteiger partial charge >= 0.3 is 11.9 Å². The molecule has 1 fully saturated rings. The minimum absolute atomic E-state index is 0.0723. The first kappa shape index (κ1) is 43.3. The van der Waals surface area contributed by atoms with Gasteiger partial charge < -0.3 is 25.0 Å². The first-order chi connectivity index (χ1) is 23.2. The molecule has 292 valence electrons. The van der Waals surface area contributed by atoms with Crippen molar-refractivity contribution in [3.63, 3.8) is 0 Å². The zero-order chi connectivity index (χ0) is 40.3. The lowest BCUT2D eigenvalue weighted by molar-refractivity contribution is -0.186. The summed E-state index contributed by atoms with van der Waals surface area (Å²) >= 11 is 0. The average Bonchev–Trinajstić information content (AvgIpc) is 2.91. The van der Waals surface area contributed by atoms with E-state index in [9.17, 15) is 19.8 Å². The fraction of sp³-hybridized carbons (Fsp3) is 0.689. The minimum Gasteiger partial charge on any atom is -0.507 e. The number of esters is 2. The van der Waals surface area contributed by atoms with E-state index < -0.39 is 35.5 Å². The standard InChI is InChI=1S/C45H71NO6/c1-25(28-20-31(40(4,5)6)36(47)32(21-28)41(7,8)9)38(49)51-27(3)52-39(50)26(2)30-22-33(42(10,11)12)37(48)35(43(13,14)15)34(30)29-23-44(16,17)46-45(18,19)24-29/h20-22,25-27,29,46-48H,23-24H2,1-19H3. The molecular formula is C45H71NO6. The number of phenolic OH excluding ortho intramolecular Hbond substituents is 2. The molecule has 2 aromatic rings. The summed E-state index contributed by atoms with van der Waals surface area (Å²) in [4.78, 5) is 27.7. The van der Waals surface area contributed by atoms with Crippen molar-refractivity contribution in [3.05, 3.63) is 57.1 Å². The van der Waals surface area contributed by atoms with Crippen LogP contribution in [0.3, 0.4) is 0 Å². The van der Waals surface area contributed by atoms with Crippen LogP contribution in [0.15, 0.2) is 18.2 Å². The van der Waals surface area contributed by atoms with Crippen molar-refractivity contribution < 1.29 is 29.3 Å². The molecule has 1 heterocycles. The summed E-state index contributed by atoms with van der Waals surface area (Å²) < 4.78 is 11.7. The maximum atomic E-state index is 14.1. The van der Waals surface area contributed by atoms with Crippen LogP contribution in [-0.4, -0.2) is 39.5 Å². The predicted octanol–water partition coefficient (Wildman–Crippen LogP) is 10.7. The van der Waals surface area contributed by atoms with E-state index in [-0.39, 0.29) is 39.0 Å². The van der Waals surface area contributed by atoms with Gasteiger partial charge in [0.15, 0.2) is 0 Å². The number of benzene rings is 2. The minimum atomic E-state index is -1.13. The summed E-state index contributed by atoms with van der Waals surface area (Å²) in [7, 11) is 0. The Morgan fingerprint density at radius 2 is 1.04 bits per heavy atom. The van der Waals surface area contributed by atoms with Crippen molar-refractivity contribution in [3.8, 4) is 11.5 Å². The van der Waals surface area contributed by atoms with E-state index in [2.05, 4.69) is 74.6 Å². The van der Waals surface area contributed by atoms with Crippen molar-refractivity contribution in [2.45, 2.75) is 201 Å². The lowest BCUT2D eigenvalue weighted by Crippen LogP contribution is -2.57. The van der Waals surface area contributed by atoms with Gasteiger partial charge in [-0.05, 0) is 115 Å². The quantitative estimate of drug-likeness (QED) is 0.193. The number of hydrogen-bond acceptors (Lipinski definition) is 7. The van der Waals surface area contributed by atoms with Crippen molar-refractivity contribution >= 4 is 11.9 Å². The summed E-state index contributed by atoms with van der Waals surface area (Å²) in [5.41, 5.74) is 3.93. The van der Waals surface area contributed by atoms with Gasteiger partial charge in [0.1, 0.15) is 11.5 Å². The molecule has 7 nitrogen and oxygen atoms in total. The smallest absolute Gasteiger partial charge is 0.316 e. The molecule has 0 bridgehead atoms. The second-order valence-electron chi connectivity index (χ2n) is 21.0. The molecule has 3 rings (SSSR count). The van der Waals surface area contributed by atoms with E-state index in [1.165, 1.54) is 0 Å². The van der Waals surface area contributed by atoms with Gasteiger partial charge in [-0.25, -0.2) is 0 Å². The maximum Gasteiger partial charge on any atom is 0.316 e. The topological polar surface area (TPSA) is 105 Å². The van der Waals surface area contributed by atoms with Gasteiger partial charge in [-0.2, -0.15) is 0 Å². The van der Waals surface area contributed by atoms with E-state index in [4.69, 9.17) is 9.47 Å². The van der Waals surface area contributed by atoms with Gasteiger partial charge in [-0.15, -0.1) is 0 Å². The lowest BCUT2D eigenvalue weighted by Gasteiger charge is -2.48. The fourth-order valence-corrected chi connectivity index (χ4v) is 8.23. The highest BCUT2D eigenvalue weighted by Gasteiger charge is 2.43. The number of nitrogens with one attached hydrogen (secondary N) is 1. The molecule has 1 aliphatic rings. The van der Waals surface area contributed by atoms with Gasteiger partial charge in [-0.3, -0.25) is 9.59 Å². The zero-order valence-corrected chi connectivity index (χ0v) is 36.0. The number of aromatic hydroxyl groups is 2. The van der Waals surface area contributed by atoms with Crippen LogP contribution < -0.4 is 5.32 Å². The first-order valence-corrected chi connectivity index (χ1v) is 19.2. The van der Waals surface area contributed by atoms with Crippen LogP contribution in [0.5, 0.6) is 11.5 Å². The number of phenols is 2. The molecule has 52 heavy (non-hydrogen) atoms. The Bertz CT molecular complexity index is 1600. The molecule has 2 aromatic carbocycles. The lowest BCUT2D eigenvalue weighted by atomic mass is 9.66. The second-order valence-corrected chi connectivity index (χ2v) is 21.0. The van der Waals surface area contributed by atoms with Crippen molar-refractivity contribution in [2.24, 2.45) is 0 Å². The van der Waals surface area contributed by atoms with Crippen LogP contribution in [0.1, 0.15) is 201 Å². The number of ether oxygens (including phenoxy) is 2. The Kier molecular flexibility index (Phi) is 11.9. The van der Waals surface area contributed by atoms with Crippen molar-refractivity contribution in [2.75, 3.05) is 0 Å². The fourth-order valence-electron chi connectivity index (χ4n) is 8.23. The van der Waals surface area contributed by atoms with Gasteiger partial charge in [0.05, 0.1) is 11.8 Å². The summed E-state index contributed by atoms with van der Waals surface area (Å²) in [6.07, 6.45) is 0.534. The molecule has 3 unspecified atom stereocenters. The molecule has 0 radical (unpaired) electrons. The molecule has 0 aromatic heterocycles. The van der Waals surface area contributed by atoms with Crippen LogP contribution in [-0.2, 0) is 40.7 Å². The third-order valence-electron chi connectivity index (χ3n) is 10.5. The SMILES string of the molecule is CC(OC(=O)C(C)c1cc(C(C)(C)C)c(O)c(C(C)(C)C)c1)OC(=O)C(C)c1cc(C(C)(C)C)c(O)c(C(C)(C)C)c1C1CC(C)(C)NC(C)(C)C1. The van der Waals surface area contributed by atoms with Crippen LogP contribution in [0.25, 0.3) is 0 Å². The Balaban J connectivity index is 2.04. The first-order valence-electron chi connectivity index (χ1n) is 19.2. The monoisotopic (exact) mass is 722 g/mol. The van der Waals surface area contributed by atoms with Gasteiger partial charge in [0, 0.05) is 23.6 Å². The van der Waals surface area contributed by atoms with E-state index >= 15 is 0 Å². The number of carbonyl (C=O) groups excluding carboxylic acids is 2. The third kappa shape index (κ3) is 9.72. The van der Waals surface area contributed by atoms with Crippen LogP contribution in [0, 0.1) is 0 Å². The largest absolute Gasteiger partial charge is 0.507 e. The molecule has 7 heteroatoms. The molecule has 1 saturated heterocycles. The highest BCUT2D eigenvalue weighted by molar-refractivity contribution is 5.81. The molecule has 3 N–H and O–H groups in total. The van der Waals surface area contributed by atoms with Crippen LogP contribution in [0.2, 0.25) is 0 Å². The van der Waals surface area contributed by atoms with Gasteiger partial charge in [-0.1, -0.05) is 101 Å². The van der Waals surface area contributed by atoms with E-state index in [0.29, 0.717) is 5.75 Å². The molecule has 1 aliphatic heterocycles. The van der Waals surface area contributed by atoms with E-state index in [1.807, 2.05) is 66.7 Å². The number of carbonyl (C=O) groups is 2. The molecule has 0 aliphatic carbocycles. The number of rotatable bonds is 7. The summed E-state index contributed by atoms with van der Waals surface area (Å²) in [6.45, 7) is 38.8. The van der Waals surface area contributed by atoms with Crippen LogP contribution in [0.4, 0.5) is 0 Å². The molecular weight excluding hydrogens is 650 g/mol.